The molecule has 1 aliphatic rings. The van der Waals surface area contributed by atoms with E-state index >= 15 is 0 Å². The molecule has 1 saturated heterocycles. The lowest BCUT2D eigenvalue weighted by molar-refractivity contribution is -0.145. The number of esters is 1. The number of rotatable bonds is 4. The first-order chi connectivity index (χ1) is 13.6. The fourth-order valence-corrected chi connectivity index (χ4v) is 3.59. The van der Waals surface area contributed by atoms with Gasteiger partial charge in [0.25, 0.3) is 5.91 Å². The Kier molecular flexibility index (Phi) is 4.83. The van der Waals surface area contributed by atoms with Gasteiger partial charge in [-0.1, -0.05) is 35.5 Å². The van der Waals surface area contributed by atoms with Crippen LogP contribution in [0.2, 0.25) is 0 Å². The van der Waals surface area contributed by atoms with Crippen LogP contribution in [0.25, 0.3) is 22.2 Å². The maximum Gasteiger partial charge on any atom is 0.328 e. The molecule has 3 aromatic rings. The van der Waals surface area contributed by atoms with Gasteiger partial charge in [0, 0.05) is 31.2 Å². The standard InChI is InChI=1S/C21H20N2O5/c1-26-15-11-18(21(25)27-2)23(12-15)20(24)14-8-9-17-16(10-14)19(28-22-17)13-6-4-3-5-7-13/h3-10,15,18H,11-12H2,1-2H3/t15-,18-/m0/s1. The number of fused-ring (bicyclic) bond motifs is 1. The molecule has 7 heteroatoms. The molecule has 1 aliphatic heterocycles. The number of aromatic nitrogens is 1. The van der Waals surface area contributed by atoms with Crippen molar-refractivity contribution in [2.75, 3.05) is 20.8 Å². The summed E-state index contributed by atoms with van der Waals surface area (Å²) in [5.74, 6) is -0.0908. The summed E-state index contributed by atoms with van der Waals surface area (Å²) in [7, 11) is 2.89. The van der Waals surface area contributed by atoms with Crippen molar-refractivity contribution in [1.82, 2.24) is 10.1 Å². The van der Waals surface area contributed by atoms with Gasteiger partial charge in [0.2, 0.25) is 0 Å². The molecule has 2 heterocycles. The molecular weight excluding hydrogens is 360 g/mol. The van der Waals surface area contributed by atoms with Crippen LogP contribution in [0.3, 0.4) is 0 Å². The highest BCUT2D eigenvalue weighted by molar-refractivity contribution is 6.02. The lowest BCUT2D eigenvalue weighted by Gasteiger charge is -2.22. The molecule has 144 valence electrons. The van der Waals surface area contributed by atoms with E-state index in [9.17, 15) is 9.59 Å². The Morgan fingerprint density at radius 1 is 1.14 bits per heavy atom. The fourth-order valence-electron chi connectivity index (χ4n) is 3.59. The summed E-state index contributed by atoms with van der Waals surface area (Å²) in [6.07, 6.45) is 0.215. The molecule has 1 fully saturated rings. The SMILES string of the molecule is COC(=O)[C@@H]1C[C@H](OC)CN1C(=O)c1ccc2noc(-c3ccccc3)c2c1. The molecule has 1 aromatic heterocycles. The van der Waals surface area contributed by atoms with Crippen molar-refractivity contribution in [3.05, 3.63) is 54.1 Å². The predicted octanol–water partition coefficient (Wildman–Crippen LogP) is 2.90. The molecule has 0 bridgehead atoms. The maximum atomic E-state index is 13.2. The van der Waals surface area contributed by atoms with E-state index in [1.165, 1.54) is 12.0 Å². The van der Waals surface area contributed by atoms with Gasteiger partial charge in [-0.3, -0.25) is 4.79 Å². The smallest absolute Gasteiger partial charge is 0.328 e. The van der Waals surface area contributed by atoms with E-state index in [2.05, 4.69) is 5.16 Å². The number of nitrogens with zero attached hydrogens (tertiary/aromatic N) is 2. The molecule has 0 spiro atoms. The van der Waals surface area contributed by atoms with Gasteiger partial charge in [-0.2, -0.15) is 0 Å². The van der Waals surface area contributed by atoms with Crippen molar-refractivity contribution in [3.63, 3.8) is 0 Å². The normalized spacial score (nSPS) is 19.1. The third-order valence-electron chi connectivity index (χ3n) is 5.09. The lowest BCUT2D eigenvalue weighted by Crippen LogP contribution is -2.41. The number of likely N-dealkylation sites (tertiary alicyclic amines) is 1. The second kappa shape index (κ2) is 7.44. The number of carbonyl (C=O) groups is 2. The Labute approximate surface area is 161 Å². The van der Waals surface area contributed by atoms with Crippen LogP contribution in [-0.4, -0.2) is 54.8 Å². The summed E-state index contributed by atoms with van der Waals surface area (Å²) in [5.41, 5.74) is 2.00. The van der Waals surface area contributed by atoms with Crippen LogP contribution in [0.5, 0.6) is 0 Å². The van der Waals surface area contributed by atoms with E-state index < -0.39 is 12.0 Å². The zero-order valence-corrected chi connectivity index (χ0v) is 15.6. The number of benzene rings is 2. The van der Waals surface area contributed by atoms with Crippen LogP contribution in [0.15, 0.2) is 53.1 Å². The molecule has 0 unspecified atom stereocenters. The molecule has 0 N–H and O–H groups in total. The van der Waals surface area contributed by atoms with E-state index in [0.29, 0.717) is 29.8 Å². The van der Waals surface area contributed by atoms with Crippen LogP contribution < -0.4 is 0 Å². The van der Waals surface area contributed by atoms with Gasteiger partial charge in [0.05, 0.1) is 18.6 Å². The lowest BCUT2D eigenvalue weighted by atomic mass is 10.1. The molecule has 1 amide bonds. The van der Waals surface area contributed by atoms with Gasteiger partial charge in [-0.25, -0.2) is 4.79 Å². The quantitative estimate of drug-likeness (QED) is 0.648. The van der Waals surface area contributed by atoms with Gasteiger partial charge in [0.1, 0.15) is 11.6 Å². The molecule has 28 heavy (non-hydrogen) atoms. The Hall–Kier alpha value is -3.19. The number of methoxy groups -OCH3 is 2. The van der Waals surface area contributed by atoms with Crippen molar-refractivity contribution in [3.8, 4) is 11.3 Å². The highest BCUT2D eigenvalue weighted by Gasteiger charge is 2.40. The van der Waals surface area contributed by atoms with E-state index in [0.717, 1.165) is 10.9 Å². The third-order valence-corrected chi connectivity index (χ3v) is 5.09. The zero-order valence-electron chi connectivity index (χ0n) is 15.6. The number of hydrogen-bond donors (Lipinski definition) is 0. The van der Waals surface area contributed by atoms with Gasteiger partial charge in [-0.15, -0.1) is 0 Å². The summed E-state index contributed by atoms with van der Waals surface area (Å²) < 4.78 is 15.7. The summed E-state index contributed by atoms with van der Waals surface area (Å²) in [4.78, 5) is 26.8. The fraction of sp³-hybridized carbons (Fsp3) is 0.286. The third kappa shape index (κ3) is 3.14. The van der Waals surface area contributed by atoms with Crippen LogP contribution in [-0.2, 0) is 14.3 Å². The monoisotopic (exact) mass is 380 g/mol. The highest BCUT2D eigenvalue weighted by atomic mass is 16.5. The number of ether oxygens (including phenoxy) is 2. The van der Waals surface area contributed by atoms with E-state index in [-0.39, 0.29) is 12.0 Å². The molecule has 2 atom stereocenters. The van der Waals surface area contributed by atoms with Crippen LogP contribution in [0.1, 0.15) is 16.8 Å². The first-order valence-electron chi connectivity index (χ1n) is 8.99. The zero-order chi connectivity index (χ0) is 19.7. The molecule has 0 saturated carbocycles. The van der Waals surface area contributed by atoms with Gasteiger partial charge in [0.15, 0.2) is 5.76 Å². The molecular formula is C21H20N2O5. The van der Waals surface area contributed by atoms with Crippen molar-refractivity contribution in [1.29, 1.82) is 0 Å². The predicted molar refractivity (Wildman–Crippen MR) is 102 cm³/mol. The molecule has 0 radical (unpaired) electrons. The first-order valence-corrected chi connectivity index (χ1v) is 8.99. The van der Waals surface area contributed by atoms with E-state index in [4.69, 9.17) is 14.0 Å². The summed E-state index contributed by atoms with van der Waals surface area (Å²) >= 11 is 0. The molecule has 2 aromatic carbocycles. The van der Waals surface area contributed by atoms with Crippen LogP contribution in [0.4, 0.5) is 0 Å². The first kappa shape index (κ1) is 18.2. The van der Waals surface area contributed by atoms with Gasteiger partial charge in [-0.05, 0) is 18.2 Å². The average Bonchev–Trinajstić information content (AvgIpc) is 3.37. The van der Waals surface area contributed by atoms with Crippen molar-refractivity contribution >= 4 is 22.8 Å². The minimum Gasteiger partial charge on any atom is -0.467 e. The topological polar surface area (TPSA) is 81.9 Å². The van der Waals surface area contributed by atoms with Gasteiger partial charge >= 0.3 is 5.97 Å². The minimum absolute atomic E-state index is 0.202. The van der Waals surface area contributed by atoms with Crippen molar-refractivity contribution < 1.29 is 23.6 Å². The maximum absolute atomic E-state index is 13.2. The van der Waals surface area contributed by atoms with Crippen molar-refractivity contribution in [2.24, 2.45) is 0 Å². The summed E-state index contributed by atoms with van der Waals surface area (Å²) in [6.45, 7) is 0.336. The second-order valence-corrected chi connectivity index (χ2v) is 6.70. The van der Waals surface area contributed by atoms with Crippen molar-refractivity contribution in [2.45, 2.75) is 18.6 Å². The summed E-state index contributed by atoms with van der Waals surface area (Å²) in [6, 6.07) is 14.1. The Balaban J connectivity index is 1.70. The second-order valence-electron chi connectivity index (χ2n) is 6.70. The Bertz CT molecular complexity index is 1010. The number of hydrogen-bond acceptors (Lipinski definition) is 6. The minimum atomic E-state index is -0.658. The largest absolute Gasteiger partial charge is 0.467 e. The Morgan fingerprint density at radius 2 is 1.93 bits per heavy atom. The van der Waals surface area contributed by atoms with Gasteiger partial charge < -0.3 is 18.9 Å². The number of carbonyl (C=O) groups excluding carboxylic acids is 2. The summed E-state index contributed by atoms with van der Waals surface area (Å²) in [5, 5.41) is 4.83. The Morgan fingerprint density at radius 3 is 2.64 bits per heavy atom. The van der Waals surface area contributed by atoms with Crippen LogP contribution in [0, 0.1) is 0 Å². The molecule has 0 aliphatic carbocycles. The van der Waals surface area contributed by atoms with E-state index in [1.807, 2.05) is 30.3 Å². The molecule has 7 nitrogen and oxygen atoms in total. The average molecular weight is 380 g/mol. The number of amides is 1. The highest BCUT2D eigenvalue weighted by Crippen LogP contribution is 2.30. The molecule has 4 rings (SSSR count). The van der Waals surface area contributed by atoms with Crippen LogP contribution >= 0.6 is 0 Å². The van der Waals surface area contributed by atoms with E-state index in [1.54, 1.807) is 25.3 Å².